The molecule has 0 heterocycles. The van der Waals surface area contributed by atoms with Crippen molar-refractivity contribution in [1.82, 2.24) is 5.32 Å². The third-order valence-corrected chi connectivity index (χ3v) is 4.19. The third-order valence-electron chi connectivity index (χ3n) is 4.19. The van der Waals surface area contributed by atoms with Crippen LogP contribution in [0.1, 0.15) is 59.8 Å². The van der Waals surface area contributed by atoms with Crippen LogP contribution >= 0.6 is 0 Å². The van der Waals surface area contributed by atoms with Crippen LogP contribution in [-0.2, 0) is 4.79 Å². The van der Waals surface area contributed by atoms with Gasteiger partial charge >= 0.3 is 0 Å². The molecule has 1 rings (SSSR count). The smallest absolute Gasteiger partial charge is 0.237 e. The molecule has 4 heteroatoms. The largest absolute Gasteiger partial charge is 0.388 e. The van der Waals surface area contributed by atoms with Gasteiger partial charge in [0.2, 0.25) is 5.91 Å². The van der Waals surface area contributed by atoms with Gasteiger partial charge < -0.3 is 16.2 Å². The number of hydrogen-bond donors (Lipinski definition) is 3. The summed E-state index contributed by atoms with van der Waals surface area (Å²) >= 11 is 0. The Kier molecular flexibility index (Phi) is 5.39. The van der Waals surface area contributed by atoms with Crippen LogP contribution in [0.5, 0.6) is 0 Å². The number of aliphatic hydroxyl groups is 1. The maximum absolute atomic E-state index is 11.8. The first kappa shape index (κ1) is 16.4. The van der Waals surface area contributed by atoms with Gasteiger partial charge in [-0.3, -0.25) is 4.79 Å². The summed E-state index contributed by atoms with van der Waals surface area (Å²) in [5.41, 5.74) is 5.39. The molecule has 19 heavy (non-hydrogen) atoms. The summed E-state index contributed by atoms with van der Waals surface area (Å²) in [6, 6.07) is -0.469. The molecule has 1 amide bonds. The number of nitrogens with two attached hydrogens (primary N) is 1. The summed E-state index contributed by atoms with van der Waals surface area (Å²) in [5.74, 6) is 0.256. The van der Waals surface area contributed by atoms with Crippen LogP contribution in [0.3, 0.4) is 0 Å². The summed E-state index contributed by atoms with van der Waals surface area (Å²) in [7, 11) is 0. The van der Waals surface area contributed by atoms with E-state index in [0.717, 1.165) is 25.7 Å². The molecule has 0 aliphatic heterocycles. The third kappa shape index (κ3) is 5.49. The van der Waals surface area contributed by atoms with E-state index in [1.165, 1.54) is 0 Å². The van der Waals surface area contributed by atoms with E-state index in [0.29, 0.717) is 24.3 Å². The van der Waals surface area contributed by atoms with Gasteiger partial charge in [-0.2, -0.15) is 0 Å². The monoisotopic (exact) mass is 270 g/mol. The van der Waals surface area contributed by atoms with Crippen LogP contribution in [-0.4, -0.2) is 29.2 Å². The lowest BCUT2D eigenvalue weighted by atomic mass is 9.71. The molecule has 0 aromatic rings. The minimum atomic E-state index is -0.747. The maximum Gasteiger partial charge on any atom is 0.237 e. The topological polar surface area (TPSA) is 75.4 Å². The standard InChI is InChI=1S/C15H30N2O2/c1-11(2)9-12(16)13(18)17-10-15(19)7-5-14(3,4)6-8-15/h11-12,19H,5-10,16H2,1-4H3,(H,17,18)/t12-/m1/s1. The number of hydrogen-bond acceptors (Lipinski definition) is 3. The van der Waals surface area contributed by atoms with Crippen LogP contribution in [0.4, 0.5) is 0 Å². The lowest BCUT2D eigenvalue weighted by molar-refractivity contribution is -0.124. The van der Waals surface area contributed by atoms with Crippen molar-refractivity contribution in [1.29, 1.82) is 0 Å². The van der Waals surface area contributed by atoms with E-state index in [-0.39, 0.29) is 5.91 Å². The number of amides is 1. The van der Waals surface area contributed by atoms with Gasteiger partial charge in [-0.1, -0.05) is 27.7 Å². The molecule has 0 aromatic heterocycles. The van der Waals surface area contributed by atoms with Gasteiger partial charge in [0.1, 0.15) is 0 Å². The number of carbonyl (C=O) groups excluding carboxylic acids is 1. The number of rotatable bonds is 5. The highest BCUT2D eigenvalue weighted by Crippen LogP contribution is 2.39. The zero-order valence-electron chi connectivity index (χ0n) is 12.8. The van der Waals surface area contributed by atoms with Crippen LogP contribution in [0.25, 0.3) is 0 Å². The Hall–Kier alpha value is -0.610. The highest BCUT2D eigenvalue weighted by molar-refractivity contribution is 5.81. The second kappa shape index (κ2) is 6.23. The van der Waals surface area contributed by atoms with Crippen molar-refractivity contribution in [2.75, 3.05) is 6.54 Å². The van der Waals surface area contributed by atoms with Crippen LogP contribution in [0, 0.1) is 11.3 Å². The molecule has 112 valence electrons. The number of carbonyl (C=O) groups is 1. The fourth-order valence-electron chi connectivity index (χ4n) is 2.57. The number of nitrogens with one attached hydrogen (secondary N) is 1. The molecule has 0 spiro atoms. The van der Waals surface area contributed by atoms with Crippen molar-refractivity contribution in [3.63, 3.8) is 0 Å². The van der Waals surface area contributed by atoms with Crippen molar-refractivity contribution < 1.29 is 9.90 Å². The molecule has 0 saturated heterocycles. The molecule has 1 aliphatic rings. The molecular weight excluding hydrogens is 240 g/mol. The van der Waals surface area contributed by atoms with E-state index in [1.807, 2.05) is 13.8 Å². The zero-order valence-corrected chi connectivity index (χ0v) is 12.8. The first-order valence-corrected chi connectivity index (χ1v) is 7.39. The average molecular weight is 270 g/mol. The quantitative estimate of drug-likeness (QED) is 0.713. The average Bonchev–Trinajstić information content (AvgIpc) is 2.30. The van der Waals surface area contributed by atoms with Crippen LogP contribution < -0.4 is 11.1 Å². The molecule has 1 saturated carbocycles. The molecule has 4 N–H and O–H groups in total. The van der Waals surface area contributed by atoms with Gasteiger partial charge in [0.15, 0.2) is 0 Å². The Labute approximate surface area is 117 Å². The lowest BCUT2D eigenvalue weighted by Crippen LogP contribution is -2.50. The Balaban J connectivity index is 2.38. The fraction of sp³-hybridized carbons (Fsp3) is 0.933. The summed E-state index contributed by atoms with van der Waals surface area (Å²) in [4.78, 5) is 11.8. The predicted molar refractivity (Wildman–Crippen MR) is 77.6 cm³/mol. The zero-order chi connectivity index (χ0) is 14.7. The normalized spacial score (nSPS) is 23.1. The molecule has 0 bridgehead atoms. The van der Waals surface area contributed by atoms with Crippen molar-refractivity contribution in [2.24, 2.45) is 17.1 Å². The molecular formula is C15H30N2O2. The van der Waals surface area contributed by atoms with Crippen LogP contribution in [0.2, 0.25) is 0 Å². The summed E-state index contributed by atoms with van der Waals surface area (Å²) in [6.07, 6.45) is 4.17. The van der Waals surface area contributed by atoms with E-state index in [4.69, 9.17) is 5.73 Å². The highest BCUT2D eigenvalue weighted by Gasteiger charge is 2.36. The Bertz CT molecular complexity index is 303. The SMILES string of the molecule is CC(C)C[C@@H](N)C(=O)NCC1(O)CCC(C)(C)CC1. The van der Waals surface area contributed by atoms with Crippen molar-refractivity contribution in [3.8, 4) is 0 Å². The predicted octanol–water partition coefficient (Wildman–Crippen LogP) is 1.81. The van der Waals surface area contributed by atoms with E-state index < -0.39 is 11.6 Å². The summed E-state index contributed by atoms with van der Waals surface area (Å²) in [5, 5.41) is 13.3. The van der Waals surface area contributed by atoms with Gasteiger partial charge in [-0.05, 0) is 43.4 Å². The minimum Gasteiger partial charge on any atom is -0.388 e. The van der Waals surface area contributed by atoms with Gasteiger partial charge in [-0.25, -0.2) is 0 Å². The highest BCUT2D eigenvalue weighted by atomic mass is 16.3. The second-order valence-electron chi connectivity index (χ2n) is 7.34. The Morgan fingerprint density at radius 3 is 2.26 bits per heavy atom. The minimum absolute atomic E-state index is 0.146. The van der Waals surface area contributed by atoms with E-state index in [1.54, 1.807) is 0 Å². The van der Waals surface area contributed by atoms with E-state index >= 15 is 0 Å². The first-order valence-electron chi connectivity index (χ1n) is 7.39. The molecule has 1 fully saturated rings. The summed E-state index contributed by atoms with van der Waals surface area (Å²) in [6.45, 7) is 8.87. The molecule has 0 unspecified atom stereocenters. The van der Waals surface area contributed by atoms with Gasteiger partial charge in [0, 0.05) is 6.54 Å². The van der Waals surface area contributed by atoms with E-state index in [9.17, 15) is 9.90 Å². The Morgan fingerprint density at radius 2 is 1.79 bits per heavy atom. The van der Waals surface area contributed by atoms with Crippen molar-refractivity contribution in [3.05, 3.63) is 0 Å². The van der Waals surface area contributed by atoms with Crippen molar-refractivity contribution in [2.45, 2.75) is 71.4 Å². The Morgan fingerprint density at radius 1 is 1.26 bits per heavy atom. The molecule has 1 aliphatic carbocycles. The molecule has 1 atom stereocenters. The van der Waals surface area contributed by atoms with E-state index in [2.05, 4.69) is 19.2 Å². The van der Waals surface area contributed by atoms with Crippen molar-refractivity contribution >= 4 is 5.91 Å². The molecule has 0 radical (unpaired) electrons. The summed E-state index contributed by atoms with van der Waals surface area (Å²) < 4.78 is 0. The molecule has 0 aromatic carbocycles. The van der Waals surface area contributed by atoms with Gasteiger partial charge in [0.25, 0.3) is 0 Å². The maximum atomic E-state index is 11.8. The second-order valence-corrected chi connectivity index (χ2v) is 7.34. The first-order chi connectivity index (χ1) is 8.64. The van der Waals surface area contributed by atoms with Crippen LogP contribution in [0.15, 0.2) is 0 Å². The van der Waals surface area contributed by atoms with Gasteiger partial charge in [-0.15, -0.1) is 0 Å². The fourth-order valence-corrected chi connectivity index (χ4v) is 2.57. The lowest BCUT2D eigenvalue weighted by Gasteiger charge is -2.40. The van der Waals surface area contributed by atoms with Gasteiger partial charge in [0.05, 0.1) is 11.6 Å². The molecule has 4 nitrogen and oxygen atoms in total.